The Balaban J connectivity index is 1.57. The molecular formula is C17H19N5O. The molecule has 6 heteroatoms. The van der Waals surface area contributed by atoms with Crippen LogP contribution in [0.15, 0.2) is 41.3 Å². The zero-order valence-corrected chi connectivity index (χ0v) is 13.3. The highest BCUT2D eigenvalue weighted by Gasteiger charge is 2.08. The first kappa shape index (κ1) is 15.1. The number of hydrogen-bond acceptors (Lipinski definition) is 6. The first-order chi connectivity index (χ1) is 11.2. The molecule has 6 nitrogen and oxygen atoms in total. The predicted molar refractivity (Wildman–Crippen MR) is 88.1 cm³/mol. The smallest absolute Gasteiger partial charge is 0.223 e. The summed E-state index contributed by atoms with van der Waals surface area (Å²) in [6.45, 7) is 4.71. The molecule has 0 aliphatic rings. The normalized spacial score (nSPS) is 10.7. The van der Waals surface area contributed by atoms with Gasteiger partial charge in [-0.3, -0.25) is 4.98 Å². The van der Waals surface area contributed by atoms with Gasteiger partial charge in [0.05, 0.1) is 11.4 Å². The minimum atomic E-state index is 0.630. The molecule has 0 radical (unpaired) electrons. The number of nitrogens with zero attached hydrogens (tertiary/aromatic N) is 4. The van der Waals surface area contributed by atoms with Gasteiger partial charge in [-0.25, -0.2) is 9.97 Å². The van der Waals surface area contributed by atoms with Crippen LogP contribution in [-0.4, -0.2) is 26.7 Å². The van der Waals surface area contributed by atoms with Crippen molar-refractivity contribution in [3.05, 3.63) is 53.8 Å². The fourth-order valence-electron chi connectivity index (χ4n) is 2.44. The zero-order valence-electron chi connectivity index (χ0n) is 13.3. The van der Waals surface area contributed by atoms with Gasteiger partial charge in [-0.15, -0.1) is 0 Å². The number of anilines is 1. The predicted octanol–water partition coefficient (Wildman–Crippen LogP) is 3.19. The Hall–Kier alpha value is -2.76. The van der Waals surface area contributed by atoms with E-state index in [0.717, 1.165) is 42.1 Å². The lowest BCUT2D eigenvalue weighted by molar-refractivity contribution is 0.392. The highest BCUT2D eigenvalue weighted by Crippen LogP contribution is 2.16. The summed E-state index contributed by atoms with van der Waals surface area (Å²) < 4.78 is 5.17. The molecule has 23 heavy (non-hydrogen) atoms. The van der Waals surface area contributed by atoms with Crippen molar-refractivity contribution in [3.63, 3.8) is 0 Å². The second-order valence-corrected chi connectivity index (χ2v) is 5.34. The van der Waals surface area contributed by atoms with Crippen LogP contribution in [0.1, 0.15) is 23.4 Å². The van der Waals surface area contributed by atoms with E-state index in [9.17, 15) is 0 Å². The Bertz CT molecular complexity index is 750. The molecule has 0 saturated heterocycles. The van der Waals surface area contributed by atoms with Gasteiger partial charge in [0.1, 0.15) is 5.76 Å². The van der Waals surface area contributed by atoms with Crippen LogP contribution in [-0.2, 0) is 6.42 Å². The molecule has 1 N–H and O–H groups in total. The standard InChI is InChI=1S/C17H19N5O/c1-12-15(13(2)23-22-12)6-4-9-19-17-20-10-7-16(21-17)14-5-3-8-18-11-14/h3,5,7-8,10-11H,4,6,9H2,1-2H3,(H,19,20,21). The van der Waals surface area contributed by atoms with Crippen molar-refractivity contribution in [1.82, 2.24) is 20.1 Å². The lowest BCUT2D eigenvalue weighted by atomic mass is 10.1. The number of aromatic nitrogens is 4. The van der Waals surface area contributed by atoms with Crippen LogP contribution in [0.2, 0.25) is 0 Å². The van der Waals surface area contributed by atoms with Crippen LogP contribution in [0.4, 0.5) is 5.95 Å². The molecule has 0 fully saturated rings. The molecule has 3 rings (SSSR count). The van der Waals surface area contributed by atoms with Gasteiger partial charge in [0, 0.05) is 36.3 Å². The summed E-state index contributed by atoms with van der Waals surface area (Å²) in [5.41, 5.74) is 4.00. The number of aryl methyl sites for hydroxylation is 2. The molecule has 0 spiro atoms. The van der Waals surface area contributed by atoms with E-state index in [4.69, 9.17) is 4.52 Å². The number of hydrogen-bond donors (Lipinski definition) is 1. The Morgan fingerprint density at radius 1 is 1.17 bits per heavy atom. The van der Waals surface area contributed by atoms with Crippen molar-refractivity contribution in [3.8, 4) is 11.3 Å². The minimum absolute atomic E-state index is 0.630. The molecule has 0 aromatic carbocycles. The van der Waals surface area contributed by atoms with E-state index in [0.29, 0.717) is 5.95 Å². The van der Waals surface area contributed by atoms with Crippen molar-refractivity contribution in [1.29, 1.82) is 0 Å². The first-order valence-electron chi connectivity index (χ1n) is 7.63. The second kappa shape index (κ2) is 7.00. The third-order valence-electron chi connectivity index (χ3n) is 3.68. The average molecular weight is 309 g/mol. The van der Waals surface area contributed by atoms with Crippen LogP contribution < -0.4 is 5.32 Å². The molecule has 3 aromatic heterocycles. The summed E-state index contributed by atoms with van der Waals surface area (Å²) in [5, 5.41) is 7.23. The van der Waals surface area contributed by atoms with Crippen LogP contribution >= 0.6 is 0 Å². The summed E-state index contributed by atoms with van der Waals surface area (Å²) in [7, 11) is 0. The second-order valence-electron chi connectivity index (χ2n) is 5.34. The van der Waals surface area contributed by atoms with Gasteiger partial charge in [-0.1, -0.05) is 5.16 Å². The Labute approximate surface area is 135 Å². The quantitative estimate of drug-likeness (QED) is 0.705. The third kappa shape index (κ3) is 3.71. The van der Waals surface area contributed by atoms with Gasteiger partial charge in [0.2, 0.25) is 5.95 Å². The van der Waals surface area contributed by atoms with Gasteiger partial charge >= 0.3 is 0 Å². The van der Waals surface area contributed by atoms with Crippen molar-refractivity contribution in [2.24, 2.45) is 0 Å². The van der Waals surface area contributed by atoms with Gasteiger partial charge in [0.25, 0.3) is 0 Å². The molecule has 0 unspecified atom stereocenters. The van der Waals surface area contributed by atoms with Crippen LogP contribution in [0.25, 0.3) is 11.3 Å². The fourth-order valence-corrected chi connectivity index (χ4v) is 2.44. The highest BCUT2D eigenvalue weighted by atomic mass is 16.5. The molecule has 3 heterocycles. The van der Waals surface area contributed by atoms with E-state index in [1.54, 1.807) is 18.6 Å². The maximum absolute atomic E-state index is 5.17. The van der Waals surface area contributed by atoms with Crippen molar-refractivity contribution in [2.45, 2.75) is 26.7 Å². The van der Waals surface area contributed by atoms with Gasteiger partial charge in [-0.05, 0) is 44.9 Å². The summed E-state index contributed by atoms with van der Waals surface area (Å²) in [6, 6.07) is 5.76. The molecule has 0 bridgehead atoms. The zero-order chi connectivity index (χ0) is 16.1. The van der Waals surface area contributed by atoms with Gasteiger partial charge < -0.3 is 9.84 Å². The number of nitrogens with one attached hydrogen (secondary N) is 1. The van der Waals surface area contributed by atoms with Crippen molar-refractivity contribution >= 4 is 5.95 Å². The summed E-state index contributed by atoms with van der Waals surface area (Å²) in [4.78, 5) is 12.9. The van der Waals surface area contributed by atoms with Gasteiger partial charge in [-0.2, -0.15) is 0 Å². The summed E-state index contributed by atoms with van der Waals surface area (Å²) in [5.74, 6) is 1.53. The fraction of sp³-hybridized carbons (Fsp3) is 0.294. The lowest BCUT2D eigenvalue weighted by Crippen LogP contribution is -2.07. The number of pyridine rings is 1. The molecular weight excluding hydrogens is 290 g/mol. The van der Waals surface area contributed by atoms with Crippen molar-refractivity contribution < 1.29 is 4.52 Å². The number of rotatable bonds is 6. The third-order valence-corrected chi connectivity index (χ3v) is 3.68. The van der Waals surface area contributed by atoms with Crippen LogP contribution in [0, 0.1) is 13.8 Å². The van der Waals surface area contributed by atoms with E-state index in [1.807, 2.05) is 32.0 Å². The average Bonchev–Trinajstić information content (AvgIpc) is 2.91. The molecule has 0 amide bonds. The van der Waals surface area contributed by atoms with Crippen molar-refractivity contribution in [2.75, 3.05) is 11.9 Å². The Morgan fingerprint density at radius 3 is 2.83 bits per heavy atom. The topological polar surface area (TPSA) is 76.7 Å². The van der Waals surface area contributed by atoms with Crippen LogP contribution in [0.5, 0.6) is 0 Å². The van der Waals surface area contributed by atoms with Crippen LogP contribution in [0.3, 0.4) is 0 Å². The first-order valence-corrected chi connectivity index (χ1v) is 7.63. The SMILES string of the molecule is Cc1noc(C)c1CCCNc1nccc(-c2cccnc2)n1. The molecule has 0 aliphatic carbocycles. The summed E-state index contributed by atoms with van der Waals surface area (Å²) in [6.07, 6.45) is 7.19. The van der Waals surface area contributed by atoms with E-state index in [1.165, 1.54) is 5.56 Å². The molecule has 0 saturated carbocycles. The van der Waals surface area contributed by atoms with E-state index >= 15 is 0 Å². The highest BCUT2D eigenvalue weighted by molar-refractivity contribution is 5.58. The molecule has 118 valence electrons. The molecule has 0 atom stereocenters. The maximum Gasteiger partial charge on any atom is 0.223 e. The molecule has 3 aromatic rings. The minimum Gasteiger partial charge on any atom is -0.361 e. The Kier molecular flexibility index (Phi) is 4.61. The Morgan fingerprint density at radius 2 is 2.09 bits per heavy atom. The van der Waals surface area contributed by atoms with E-state index < -0.39 is 0 Å². The maximum atomic E-state index is 5.17. The largest absolute Gasteiger partial charge is 0.361 e. The van der Waals surface area contributed by atoms with E-state index in [2.05, 4.69) is 25.4 Å². The molecule has 0 aliphatic heterocycles. The lowest BCUT2D eigenvalue weighted by Gasteiger charge is -2.06. The van der Waals surface area contributed by atoms with Gasteiger partial charge in [0.15, 0.2) is 0 Å². The van der Waals surface area contributed by atoms with E-state index in [-0.39, 0.29) is 0 Å². The monoisotopic (exact) mass is 309 g/mol. The summed E-state index contributed by atoms with van der Waals surface area (Å²) >= 11 is 0.